The third-order valence-corrected chi connectivity index (χ3v) is 3.88. The van der Waals surface area contributed by atoms with E-state index in [2.05, 4.69) is 21.2 Å². The van der Waals surface area contributed by atoms with Crippen LogP contribution in [0.15, 0.2) is 22.7 Å². The van der Waals surface area contributed by atoms with Crippen molar-refractivity contribution in [2.45, 2.75) is 31.4 Å². The summed E-state index contributed by atoms with van der Waals surface area (Å²) in [7, 11) is 1.68. The van der Waals surface area contributed by atoms with Crippen LogP contribution in [0.25, 0.3) is 0 Å². The summed E-state index contributed by atoms with van der Waals surface area (Å²) in [5.74, 6) is -0.660. The molecule has 1 fully saturated rings. The van der Waals surface area contributed by atoms with E-state index in [-0.39, 0.29) is 18.1 Å². The average molecular weight is 316 g/mol. The van der Waals surface area contributed by atoms with Crippen LogP contribution in [0.4, 0.5) is 4.39 Å². The maximum Gasteiger partial charge on any atom is 0.251 e. The Morgan fingerprint density at radius 3 is 2.89 bits per heavy atom. The lowest BCUT2D eigenvalue weighted by Crippen LogP contribution is -2.33. The topological polar surface area (TPSA) is 38.3 Å². The minimum atomic E-state index is -0.427. The van der Waals surface area contributed by atoms with Gasteiger partial charge in [-0.2, -0.15) is 0 Å². The molecule has 0 saturated heterocycles. The molecule has 0 aromatic heterocycles. The number of carbonyl (C=O) groups excluding carboxylic acids is 1. The molecule has 2 rings (SSSR count). The van der Waals surface area contributed by atoms with Crippen LogP contribution < -0.4 is 5.32 Å². The molecule has 0 radical (unpaired) electrons. The first-order valence-electron chi connectivity index (χ1n) is 5.89. The van der Waals surface area contributed by atoms with E-state index in [1.165, 1.54) is 12.1 Å². The molecule has 3 nitrogen and oxygen atoms in total. The molecule has 1 aromatic rings. The van der Waals surface area contributed by atoms with Gasteiger partial charge in [-0.3, -0.25) is 4.79 Å². The minimum absolute atomic E-state index is 0.120. The molecule has 98 valence electrons. The number of ether oxygens (including phenoxy) is 1. The van der Waals surface area contributed by atoms with E-state index in [1.54, 1.807) is 13.2 Å². The van der Waals surface area contributed by atoms with Gasteiger partial charge in [-0.1, -0.05) is 0 Å². The number of benzene rings is 1. The van der Waals surface area contributed by atoms with Gasteiger partial charge in [0.05, 0.1) is 10.6 Å². The van der Waals surface area contributed by atoms with Crippen LogP contribution in [-0.2, 0) is 4.74 Å². The van der Waals surface area contributed by atoms with Gasteiger partial charge in [0.1, 0.15) is 5.82 Å². The van der Waals surface area contributed by atoms with Gasteiger partial charge in [-0.25, -0.2) is 4.39 Å². The second-order valence-corrected chi connectivity index (χ2v) is 5.32. The van der Waals surface area contributed by atoms with Crippen molar-refractivity contribution in [3.8, 4) is 0 Å². The highest BCUT2D eigenvalue weighted by molar-refractivity contribution is 9.10. The van der Waals surface area contributed by atoms with Crippen molar-refractivity contribution in [3.05, 3.63) is 34.1 Å². The predicted molar refractivity (Wildman–Crippen MR) is 70.0 cm³/mol. The van der Waals surface area contributed by atoms with Crippen molar-refractivity contribution >= 4 is 21.8 Å². The summed E-state index contributed by atoms with van der Waals surface area (Å²) in [5, 5.41) is 2.91. The minimum Gasteiger partial charge on any atom is -0.381 e. The lowest BCUT2D eigenvalue weighted by Gasteiger charge is -2.13. The van der Waals surface area contributed by atoms with Crippen molar-refractivity contribution in [1.82, 2.24) is 5.32 Å². The Morgan fingerprint density at radius 2 is 2.28 bits per heavy atom. The lowest BCUT2D eigenvalue weighted by atomic mass is 10.2. The van der Waals surface area contributed by atoms with Crippen molar-refractivity contribution in [3.63, 3.8) is 0 Å². The van der Waals surface area contributed by atoms with Crippen molar-refractivity contribution in [2.24, 2.45) is 0 Å². The Morgan fingerprint density at radius 1 is 1.50 bits per heavy atom. The second-order valence-electron chi connectivity index (χ2n) is 4.47. The van der Waals surface area contributed by atoms with Crippen molar-refractivity contribution in [1.29, 1.82) is 0 Å². The first-order chi connectivity index (χ1) is 8.60. The molecule has 2 unspecified atom stereocenters. The molecule has 18 heavy (non-hydrogen) atoms. The molecule has 1 N–H and O–H groups in total. The average Bonchev–Trinajstić information content (AvgIpc) is 2.80. The Bertz CT molecular complexity index is 453. The second kappa shape index (κ2) is 5.80. The van der Waals surface area contributed by atoms with E-state index < -0.39 is 5.82 Å². The van der Waals surface area contributed by atoms with Gasteiger partial charge in [0.2, 0.25) is 0 Å². The molecule has 1 amide bonds. The molecule has 0 aliphatic heterocycles. The molecule has 0 spiro atoms. The normalized spacial score (nSPS) is 23.1. The van der Waals surface area contributed by atoms with Gasteiger partial charge in [0.15, 0.2) is 0 Å². The fourth-order valence-corrected chi connectivity index (χ4v) is 2.44. The Labute approximate surface area is 114 Å². The van der Waals surface area contributed by atoms with Crippen LogP contribution in [-0.4, -0.2) is 25.2 Å². The summed E-state index contributed by atoms with van der Waals surface area (Å²) in [6, 6.07) is 4.50. The third-order valence-electron chi connectivity index (χ3n) is 3.23. The Balaban J connectivity index is 1.97. The van der Waals surface area contributed by atoms with Crippen LogP contribution in [0.3, 0.4) is 0 Å². The first kappa shape index (κ1) is 13.5. The Kier molecular flexibility index (Phi) is 4.35. The highest BCUT2D eigenvalue weighted by Crippen LogP contribution is 2.22. The van der Waals surface area contributed by atoms with Crippen LogP contribution >= 0.6 is 15.9 Å². The summed E-state index contributed by atoms with van der Waals surface area (Å²) >= 11 is 3.06. The fraction of sp³-hybridized carbons (Fsp3) is 0.462. The number of rotatable bonds is 3. The maximum atomic E-state index is 13.3. The first-order valence-corrected chi connectivity index (χ1v) is 6.68. The quantitative estimate of drug-likeness (QED) is 0.931. The van der Waals surface area contributed by atoms with Crippen LogP contribution in [0, 0.1) is 5.82 Å². The summed E-state index contributed by atoms with van der Waals surface area (Å²) in [6.07, 6.45) is 2.90. The van der Waals surface area contributed by atoms with Gasteiger partial charge in [0, 0.05) is 18.7 Å². The van der Waals surface area contributed by atoms with Gasteiger partial charge in [-0.15, -0.1) is 0 Å². The molecule has 2 atom stereocenters. The molecule has 0 heterocycles. The summed E-state index contributed by atoms with van der Waals surface area (Å²) < 4.78 is 18.9. The van der Waals surface area contributed by atoms with E-state index >= 15 is 0 Å². The SMILES string of the molecule is COC1CCC(NC(=O)c2ccc(Br)c(F)c2)C1. The number of nitrogens with one attached hydrogen (secondary N) is 1. The number of halogens is 2. The van der Waals surface area contributed by atoms with Crippen molar-refractivity contribution in [2.75, 3.05) is 7.11 Å². The molecule has 0 bridgehead atoms. The van der Waals surface area contributed by atoms with Gasteiger partial charge < -0.3 is 10.1 Å². The number of methoxy groups -OCH3 is 1. The van der Waals surface area contributed by atoms with Gasteiger partial charge >= 0.3 is 0 Å². The van der Waals surface area contributed by atoms with Crippen LogP contribution in [0.5, 0.6) is 0 Å². The highest BCUT2D eigenvalue weighted by Gasteiger charge is 2.25. The smallest absolute Gasteiger partial charge is 0.251 e. The third kappa shape index (κ3) is 3.09. The van der Waals surface area contributed by atoms with Crippen LogP contribution in [0.2, 0.25) is 0 Å². The predicted octanol–water partition coefficient (Wildman–Crippen LogP) is 2.89. The Hall–Kier alpha value is -0.940. The molecule has 1 aromatic carbocycles. The van der Waals surface area contributed by atoms with Gasteiger partial charge in [0.25, 0.3) is 5.91 Å². The molecular formula is C13H15BrFNO2. The van der Waals surface area contributed by atoms with E-state index in [0.717, 1.165) is 19.3 Å². The molecule has 1 aliphatic carbocycles. The standard InChI is InChI=1S/C13H15BrFNO2/c1-18-10-4-3-9(7-10)16-13(17)8-2-5-11(14)12(15)6-8/h2,5-6,9-10H,3-4,7H2,1H3,(H,16,17). The zero-order valence-electron chi connectivity index (χ0n) is 10.1. The summed E-state index contributed by atoms with van der Waals surface area (Å²) in [4.78, 5) is 11.9. The van der Waals surface area contributed by atoms with Crippen LogP contribution in [0.1, 0.15) is 29.6 Å². The fourth-order valence-electron chi connectivity index (χ4n) is 2.19. The van der Waals surface area contributed by atoms with E-state index in [4.69, 9.17) is 4.74 Å². The van der Waals surface area contributed by atoms with E-state index in [1.807, 2.05) is 0 Å². The molecule has 1 aliphatic rings. The highest BCUT2D eigenvalue weighted by atomic mass is 79.9. The number of hydrogen-bond donors (Lipinski definition) is 1. The summed E-state index contributed by atoms with van der Waals surface area (Å²) in [5.41, 5.74) is 0.344. The maximum absolute atomic E-state index is 13.3. The molecular weight excluding hydrogens is 301 g/mol. The number of carbonyl (C=O) groups is 1. The van der Waals surface area contributed by atoms with Crippen molar-refractivity contribution < 1.29 is 13.9 Å². The zero-order chi connectivity index (χ0) is 13.1. The van der Waals surface area contributed by atoms with Gasteiger partial charge in [-0.05, 0) is 53.4 Å². The summed E-state index contributed by atoms with van der Waals surface area (Å²) in [6.45, 7) is 0. The molecule has 1 saturated carbocycles. The monoisotopic (exact) mass is 315 g/mol. The molecule has 5 heteroatoms. The number of amides is 1. The lowest BCUT2D eigenvalue weighted by molar-refractivity contribution is 0.0914. The van der Waals surface area contributed by atoms with E-state index in [9.17, 15) is 9.18 Å². The number of hydrogen-bond acceptors (Lipinski definition) is 2. The largest absolute Gasteiger partial charge is 0.381 e. The van der Waals surface area contributed by atoms with E-state index in [0.29, 0.717) is 10.0 Å². The zero-order valence-corrected chi connectivity index (χ0v) is 11.7.